The molecule has 82 valence electrons. The molecule has 2 aromatic rings. The molecule has 0 radical (unpaired) electrons. The zero-order valence-electron chi connectivity index (χ0n) is 8.31. The van der Waals surface area contributed by atoms with Crippen LogP contribution in [-0.2, 0) is 0 Å². The van der Waals surface area contributed by atoms with Crippen molar-refractivity contribution in [1.82, 2.24) is 4.98 Å². The molecular weight excluding hydrogens is 232 g/mol. The highest BCUT2D eigenvalue weighted by Gasteiger charge is 2.21. The van der Waals surface area contributed by atoms with Gasteiger partial charge < -0.3 is 4.74 Å². The number of hydrogen-bond donors (Lipinski definition) is 0. The van der Waals surface area contributed by atoms with Crippen LogP contribution in [-0.4, -0.2) is 17.0 Å². The van der Waals surface area contributed by atoms with Gasteiger partial charge in [0.1, 0.15) is 10.5 Å². The standard InChI is InChI=1S/C10H7ClN2O3/c1-16-7-3-2-6-4-5-12-10(11)8(6)9(7)13(14)15/h2-5H,1H3. The quantitative estimate of drug-likeness (QED) is 0.458. The van der Waals surface area contributed by atoms with E-state index in [0.29, 0.717) is 10.8 Å². The minimum atomic E-state index is -0.519. The number of hydrogen-bond acceptors (Lipinski definition) is 4. The number of methoxy groups -OCH3 is 1. The van der Waals surface area contributed by atoms with Crippen LogP contribution >= 0.6 is 11.6 Å². The third kappa shape index (κ3) is 1.55. The first-order chi connectivity index (χ1) is 7.65. The summed E-state index contributed by atoms with van der Waals surface area (Å²) in [5, 5.41) is 12.0. The van der Waals surface area contributed by atoms with E-state index in [1.165, 1.54) is 19.4 Å². The fourth-order valence-electron chi connectivity index (χ4n) is 1.54. The molecule has 0 bridgehead atoms. The minimum absolute atomic E-state index is 0.100. The molecule has 0 fully saturated rings. The maximum absolute atomic E-state index is 11.0. The molecule has 0 aliphatic carbocycles. The Morgan fingerprint density at radius 3 is 2.81 bits per heavy atom. The highest BCUT2D eigenvalue weighted by atomic mass is 35.5. The molecular formula is C10H7ClN2O3. The number of pyridine rings is 1. The molecule has 2 rings (SSSR count). The van der Waals surface area contributed by atoms with Crippen molar-refractivity contribution in [3.63, 3.8) is 0 Å². The zero-order valence-corrected chi connectivity index (χ0v) is 9.06. The number of nitrogens with zero attached hydrogens (tertiary/aromatic N) is 2. The lowest BCUT2D eigenvalue weighted by Gasteiger charge is -2.05. The zero-order chi connectivity index (χ0) is 11.7. The minimum Gasteiger partial charge on any atom is -0.490 e. The van der Waals surface area contributed by atoms with Gasteiger partial charge in [0.25, 0.3) is 0 Å². The molecule has 6 heteroatoms. The number of ether oxygens (including phenoxy) is 1. The first-order valence-corrected chi connectivity index (χ1v) is 4.78. The van der Waals surface area contributed by atoms with Gasteiger partial charge in [0, 0.05) is 6.20 Å². The normalized spacial score (nSPS) is 10.4. The lowest BCUT2D eigenvalue weighted by Crippen LogP contribution is -1.95. The van der Waals surface area contributed by atoms with Crippen LogP contribution in [0.3, 0.4) is 0 Å². The largest absolute Gasteiger partial charge is 0.490 e. The molecule has 0 aliphatic heterocycles. The van der Waals surface area contributed by atoms with Gasteiger partial charge >= 0.3 is 5.69 Å². The number of aromatic nitrogens is 1. The Morgan fingerprint density at radius 2 is 2.19 bits per heavy atom. The van der Waals surface area contributed by atoms with Crippen LogP contribution in [0.4, 0.5) is 5.69 Å². The van der Waals surface area contributed by atoms with E-state index in [0.717, 1.165) is 0 Å². The lowest BCUT2D eigenvalue weighted by molar-refractivity contribution is -0.383. The van der Waals surface area contributed by atoms with Crippen LogP contribution in [0, 0.1) is 10.1 Å². The maximum Gasteiger partial charge on any atom is 0.321 e. The van der Waals surface area contributed by atoms with E-state index in [9.17, 15) is 10.1 Å². The summed E-state index contributed by atoms with van der Waals surface area (Å²) in [5.74, 6) is 0.174. The fraction of sp³-hybridized carbons (Fsp3) is 0.100. The summed E-state index contributed by atoms with van der Waals surface area (Å²) in [7, 11) is 1.37. The summed E-state index contributed by atoms with van der Waals surface area (Å²) in [6.45, 7) is 0. The van der Waals surface area contributed by atoms with Crippen molar-refractivity contribution in [2.24, 2.45) is 0 Å². The van der Waals surface area contributed by atoms with Gasteiger partial charge in [-0.1, -0.05) is 17.7 Å². The van der Waals surface area contributed by atoms with Gasteiger partial charge in [-0.25, -0.2) is 4.98 Å². The number of fused-ring (bicyclic) bond motifs is 1. The second-order valence-electron chi connectivity index (χ2n) is 3.07. The first-order valence-electron chi connectivity index (χ1n) is 4.40. The van der Waals surface area contributed by atoms with Crippen molar-refractivity contribution < 1.29 is 9.66 Å². The van der Waals surface area contributed by atoms with Crippen molar-refractivity contribution in [2.45, 2.75) is 0 Å². The second kappa shape index (κ2) is 3.94. The van der Waals surface area contributed by atoms with E-state index < -0.39 is 4.92 Å². The SMILES string of the molecule is COc1ccc2ccnc(Cl)c2c1[N+](=O)[O-]. The molecule has 1 heterocycles. The highest BCUT2D eigenvalue weighted by molar-refractivity contribution is 6.35. The first kappa shape index (κ1) is 10.6. The van der Waals surface area contributed by atoms with Crippen LogP contribution < -0.4 is 4.74 Å². The average Bonchev–Trinajstić information content (AvgIpc) is 2.27. The van der Waals surface area contributed by atoms with E-state index >= 15 is 0 Å². The fourth-order valence-corrected chi connectivity index (χ4v) is 1.79. The maximum atomic E-state index is 11.0. The Labute approximate surface area is 95.8 Å². The Balaban J connectivity index is 2.93. The van der Waals surface area contributed by atoms with E-state index in [2.05, 4.69) is 4.98 Å². The number of benzene rings is 1. The predicted molar refractivity (Wildman–Crippen MR) is 60.0 cm³/mol. The van der Waals surface area contributed by atoms with Crippen molar-refractivity contribution >= 4 is 28.1 Å². The van der Waals surface area contributed by atoms with Crippen LogP contribution in [0.15, 0.2) is 24.4 Å². The van der Waals surface area contributed by atoms with Crippen LogP contribution in [0.25, 0.3) is 10.8 Å². The van der Waals surface area contributed by atoms with Crippen molar-refractivity contribution in [3.05, 3.63) is 39.7 Å². The molecule has 0 atom stereocenters. The van der Waals surface area contributed by atoms with Gasteiger partial charge in [0.05, 0.1) is 12.0 Å². The van der Waals surface area contributed by atoms with Gasteiger partial charge in [0.15, 0.2) is 5.75 Å². The molecule has 0 aliphatic rings. The third-order valence-corrected chi connectivity index (χ3v) is 2.51. The van der Waals surface area contributed by atoms with Crippen LogP contribution in [0.2, 0.25) is 5.15 Å². The Kier molecular flexibility index (Phi) is 2.62. The summed E-state index contributed by atoms with van der Waals surface area (Å²) < 4.78 is 4.94. The van der Waals surface area contributed by atoms with Crippen LogP contribution in [0.5, 0.6) is 5.75 Å². The van der Waals surface area contributed by atoms with Crippen molar-refractivity contribution in [1.29, 1.82) is 0 Å². The molecule has 0 amide bonds. The van der Waals surface area contributed by atoms with Crippen LogP contribution in [0.1, 0.15) is 0 Å². The molecule has 1 aromatic carbocycles. The third-order valence-electron chi connectivity index (χ3n) is 2.22. The summed E-state index contributed by atoms with van der Waals surface area (Å²) >= 11 is 5.86. The number of nitro benzene ring substituents is 1. The monoisotopic (exact) mass is 238 g/mol. The number of rotatable bonds is 2. The molecule has 0 unspecified atom stereocenters. The predicted octanol–water partition coefficient (Wildman–Crippen LogP) is 2.81. The lowest BCUT2D eigenvalue weighted by atomic mass is 10.1. The molecule has 16 heavy (non-hydrogen) atoms. The van der Waals surface area contributed by atoms with Gasteiger partial charge in [0.2, 0.25) is 0 Å². The molecule has 0 saturated heterocycles. The Hall–Kier alpha value is -1.88. The van der Waals surface area contributed by atoms with E-state index in [-0.39, 0.29) is 16.6 Å². The Morgan fingerprint density at radius 1 is 1.44 bits per heavy atom. The van der Waals surface area contributed by atoms with Gasteiger partial charge in [-0.05, 0) is 17.5 Å². The molecule has 5 nitrogen and oxygen atoms in total. The van der Waals surface area contributed by atoms with E-state index in [1.807, 2.05) is 0 Å². The summed E-state index contributed by atoms with van der Waals surface area (Å²) in [6, 6.07) is 4.90. The average molecular weight is 239 g/mol. The van der Waals surface area contributed by atoms with Gasteiger partial charge in [-0.2, -0.15) is 0 Å². The van der Waals surface area contributed by atoms with Gasteiger partial charge in [-0.3, -0.25) is 10.1 Å². The Bertz CT molecular complexity index is 571. The topological polar surface area (TPSA) is 65.3 Å². The summed E-state index contributed by atoms with van der Waals surface area (Å²) in [5.41, 5.74) is -0.155. The van der Waals surface area contributed by atoms with E-state index in [1.54, 1.807) is 12.1 Å². The van der Waals surface area contributed by atoms with Crippen molar-refractivity contribution in [2.75, 3.05) is 7.11 Å². The molecule has 0 saturated carbocycles. The smallest absolute Gasteiger partial charge is 0.321 e. The van der Waals surface area contributed by atoms with E-state index in [4.69, 9.17) is 16.3 Å². The number of halogens is 1. The highest BCUT2D eigenvalue weighted by Crippen LogP contribution is 2.37. The van der Waals surface area contributed by atoms with Gasteiger partial charge in [-0.15, -0.1) is 0 Å². The summed E-state index contributed by atoms with van der Waals surface area (Å²) in [6.07, 6.45) is 1.50. The van der Waals surface area contributed by atoms with Crippen molar-refractivity contribution in [3.8, 4) is 5.75 Å². The summed E-state index contributed by atoms with van der Waals surface area (Å²) in [4.78, 5) is 14.3. The molecule has 1 aromatic heterocycles. The molecule has 0 spiro atoms. The molecule has 0 N–H and O–H groups in total. The number of nitro groups is 1. The second-order valence-corrected chi connectivity index (χ2v) is 3.43.